The number of pyridine rings is 1. The Labute approximate surface area is 188 Å². The molecule has 0 bridgehead atoms. The van der Waals surface area contributed by atoms with Crippen molar-refractivity contribution in [1.29, 1.82) is 0 Å². The van der Waals surface area contributed by atoms with Gasteiger partial charge in [0.2, 0.25) is 0 Å². The van der Waals surface area contributed by atoms with Gasteiger partial charge in [0, 0.05) is 36.5 Å². The summed E-state index contributed by atoms with van der Waals surface area (Å²) in [5, 5.41) is 2.96. The van der Waals surface area contributed by atoms with Gasteiger partial charge >= 0.3 is 0 Å². The summed E-state index contributed by atoms with van der Waals surface area (Å²) in [7, 11) is 0. The van der Waals surface area contributed by atoms with E-state index in [0.717, 1.165) is 22.3 Å². The molecule has 1 N–H and O–H groups in total. The number of benzene rings is 3. The lowest BCUT2D eigenvalue weighted by molar-refractivity contribution is -0.118. The minimum atomic E-state index is -0.162. The summed E-state index contributed by atoms with van der Waals surface area (Å²) in [6, 6.07) is 28.7. The predicted molar refractivity (Wildman–Crippen MR) is 128 cm³/mol. The van der Waals surface area contributed by atoms with Crippen LogP contribution in [0.4, 0.5) is 5.69 Å². The average molecular weight is 421 g/mol. The lowest BCUT2D eigenvalue weighted by atomic mass is 9.99. The van der Waals surface area contributed by atoms with Crippen molar-refractivity contribution in [3.05, 3.63) is 120 Å². The molecule has 0 spiro atoms. The molecule has 158 valence electrons. The first kappa shape index (κ1) is 21.2. The lowest BCUT2D eigenvalue weighted by Crippen LogP contribution is -2.13. The predicted octanol–water partition coefficient (Wildman–Crippen LogP) is 5.75. The van der Waals surface area contributed by atoms with Crippen molar-refractivity contribution in [2.45, 2.75) is 19.3 Å². The van der Waals surface area contributed by atoms with Crippen LogP contribution in [0.5, 0.6) is 0 Å². The first-order chi connectivity index (χ1) is 15.7. The SMILES string of the molecule is O=C(CCc1cccnc1)Cc1ccc(NC(=O)c2ccccc2-c2ccccc2)cc1. The van der Waals surface area contributed by atoms with Crippen molar-refractivity contribution in [2.24, 2.45) is 0 Å². The number of nitrogens with zero attached hydrogens (tertiary/aromatic N) is 1. The number of Topliss-reactive ketones (excluding diaryl/α,β-unsaturated/α-hetero) is 1. The summed E-state index contributed by atoms with van der Waals surface area (Å²) in [5.41, 5.74) is 5.20. The largest absolute Gasteiger partial charge is 0.322 e. The molecule has 0 aliphatic rings. The summed E-state index contributed by atoms with van der Waals surface area (Å²) in [6.45, 7) is 0. The Bertz CT molecular complexity index is 1190. The van der Waals surface area contributed by atoms with E-state index in [9.17, 15) is 9.59 Å². The Morgan fingerprint density at radius 2 is 1.50 bits per heavy atom. The Morgan fingerprint density at radius 1 is 0.750 bits per heavy atom. The molecule has 0 fully saturated rings. The normalized spacial score (nSPS) is 10.5. The first-order valence-corrected chi connectivity index (χ1v) is 10.6. The number of carbonyl (C=O) groups excluding carboxylic acids is 2. The van der Waals surface area contributed by atoms with Crippen LogP contribution < -0.4 is 5.32 Å². The highest BCUT2D eigenvalue weighted by Crippen LogP contribution is 2.24. The molecule has 1 heterocycles. The molecule has 0 aliphatic carbocycles. The van der Waals surface area contributed by atoms with Crippen molar-refractivity contribution in [1.82, 2.24) is 4.98 Å². The monoisotopic (exact) mass is 420 g/mol. The van der Waals surface area contributed by atoms with Crippen LogP contribution in [0, 0.1) is 0 Å². The first-order valence-electron chi connectivity index (χ1n) is 10.6. The summed E-state index contributed by atoms with van der Waals surface area (Å²) in [6.07, 6.45) is 5.08. The topological polar surface area (TPSA) is 59.1 Å². The summed E-state index contributed by atoms with van der Waals surface area (Å²) >= 11 is 0. The van der Waals surface area contributed by atoms with E-state index in [-0.39, 0.29) is 11.7 Å². The molecule has 4 nitrogen and oxygen atoms in total. The molecule has 32 heavy (non-hydrogen) atoms. The Morgan fingerprint density at radius 3 is 2.25 bits per heavy atom. The van der Waals surface area contributed by atoms with Crippen molar-refractivity contribution in [3.63, 3.8) is 0 Å². The van der Waals surface area contributed by atoms with E-state index in [1.165, 1.54) is 0 Å². The fourth-order valence-electron chi connectivity index (χ4n) is 3.60. The second-order valence-corrected chi connectivity index (χ2v) is 7.64. The van der Waals surface area contributed by atoms with Gasteiger partial charge < -0.3 is 5.32 Å². The van der Waals surface area contributed by atoms with Gasteiger partial charge in [0.25, 0.3) is 5.91 Å². The van der Waals surface area contributed by atoms with Crippen LogP contribution in [0.25, 0.3) is 11.1 Å². The average Bonchev–Trinajstić information content (AvgIpc) is 2.85. The molecule has 3 aromatic carbocycles. The lowest BCUT2D eigenvalue weighted by Gasteiger charge is -2.11. The second-order valence-electron chi connectivity index (χ2n) is 7.64. The van der Waals surface area contributed by atoms with Gasteiger partial charge in [0.15, 0.2) is 0 Å². The third-order valence-electron chi connectivity index (χ3n) is 5.28. The molecule has 4 heteroatoms. The molecular weight excluding hydrogens is 396 g/mol. The van der Waals surface area contributed by atoms with E-state index in [0.29, 0.717) is 30.5 Å². The molecule has 0 radical (unpaired) electrons. The summed E-state index contributed by atoms with van der Waals surface area (Å²) in [4.78, 5) is 29.3. The highest BCUT2D eigenvalue weighted by atomic mass is 16.1. The zero-order valence-corrected chi connectivity index (χ0v) is 17.7. The molecule has 0 saturated heterocycles. The number of carbonyl (C=O) groups is 2. The minimum absolute atomic E-state index is 0.162. The molecule has 1 amide bonds. The minimum Gasteiger partial charge on any atom is -0.322 e. The molecular formula is C28H24N2O2. The number of hydrogen-bond donors (Lipinski definition) is 1. The number of aromatic nitrogens is 1. The zero-order chi connectivity index (χ0) is 22.2. The molecule has 0 saturated carbocycles. The summed E-state index contributed by atoms with van der Waals surface area (Å²) in [5.74, 6) is 0.0205. The standard InChI is InChI=1S/C28H24N2O2/c31-25(17-14-22-7-6-18-29-20-22)19-21-12-15-24(16-13-21)30-28(32)27-11-5-4-10-26(27)23-8-2-1-3-9-23/h1-13,15-16,18,20H,14,17,19H2,(H,30,32). The number of hydrogen-bond acceptors (Lipinski definition) is 3. The van der Waals surface area contributed by atoms with Gasteiger partial charge in [-0.2, -0.15) is 0 Å². The molecule has 1 aromatic heterocycles. The van der Waals surface area contributed by atoms with Crippen LogP contribution >= 0.6 is 0 Å². The zero-order valence-electron chi connectivity index (χ0n) is 17.7. The number of anilines is 1. The number of amides is 1. The molecule has 4 aromatic rings. The molecule has 0 unspecified atom stereocenters. The number of rotatable bonds is 8. The van der Waals surface area contributed by atoms with Gasteiger partial charge in [-0.1, -0.05) is 66.7 Å². The third kappa shape index (κ3) is 5.55. The van der Waals surface area contributed by atoms with Crippen molar-refractivity contribution < 1.29 is 9.59 Å². The van der Waals surface area contributed by atoms with Gasteiger partial charge in [-0.05, 0) is 52.9 Å². The van der Waals surface area contributed by atoms with Gasteiger partial charge in [0.1, 0.15) is 5.78 Å². The van der Waals surface area contributed by atoms with Crippen LogP contribution in [0.15, 0.2) is 103 Å². The van der Waals surface area contributed by atoms with Crippen LogP contribution in [-0.4, -0.2) is 16.7 Å². The van der Waals surface area contributed by atoms with Crippen LogP contribution in [-0.2, 0) is 17.6 Å². The molecule has 0 atom stereocenters. The van der Waals surface area contributed by atoms with E-state index in [1.54, 1.807) is 12.4 Å². The maximum absolute atomic E-state index is 12.9. The van der Waals surface area contributed by atoms with E-state index in [4.69, 9.17) is 0 Å². The van der Waals surface area contributed by atoms with Gasteiger partial charge in [0.05, 0.1) is 0 Å². The fraction of sp³-hybridized carbons (Fsp3) is 0.107. The number of aryl methyl sites for hydroxylation is 1. The summed E-state index contributed by atoms with van der Waals surface area (Å²) < 4.78 is 0. The van der Waals surface area contributed by atoms with E-state index >= 15 is 0 Å². The molecule has 4 rings (SSSR count). The Kier molecular flexibility index (Phi) is 6.83. The van der Waals surface area contributed by atoms with E-state index in [2.05, 4.69) is 10.3 Å². The van der Waals surface area contributed by atoms with Gasteiger partial charge in [-0.25, -0.2) is 0 Å². The van der Waals surface area contributed by atoms with Crippen LogP contribution in [0.2, 0.25) is 0 Å². The Balaban J connectivity index is 1.37. The van der Waals surface area contributed by atoms with E-state index < -0.39 is 0 Å². The highest BCUT2D eigenvalue weighted by molar-refractivity contribution is 6.08. The third-order valence-corrected chi connectivity index (χ3v) is 5.28. The second kappa shape index (κ2) is 10.3. The quantitative estimate of drug-likeness (QED) is 0.395. The molecule has 0 aliphatic heterocycles. The highest BCUT2D eigenvalue weighted by Gasteiger charge is 2.13. The fourth-order valence-corrected chi connectivity index (χ4v) is 3.60. The van der Waals surface area contributed by atoms with Gasteiger partial charge in [-0.3, -0.25) is 14.6 Å². The maximum Gasteiger partial charge on any atom is 0.256 e. The Hall–Kier alpha value is -4.05. The number of ketones is 1. The van der Waals surface area contributed by atoms with Crippen LogP contribution in [0.1, 0.15) is 27.9 Å². The van der Waals surface area contributed by atoms with Gasteiger partial charge in [-0.15, -0.1) is 0 Å². The van der Waals surface area contributed by atoms with Crippen molar-refractivity contribution in [3.8, 4) is 11.1 Å². The van der Waals surface area contributed by atoms with Crippen LogP contribution in [0.3, 0.4) is 0 Å². The number of nitrogens with one attached hydrogen (secondary N) is 1. The van der Waals surface area contributed by atoms with Crippen molar-refractivity contribution in [2.75, 3.05) is 5.32 Å². The smallest absolute Gasteiger partial charge is 0.256 e. The maximum atomic E-state index is 12.9. The van der Waals surface area contributed by atoms with E-state index in [1.807, 2.05) is 91.0 Å². The van der Waals surface area contributed by atoms with Crippen molar-refractivity contribution >= 4 is 17.4 Å².